The Morgan fingerprint density at radius 1 is 1.29 bits per heavy atom. The maximum atomic E-state index is 11.2. The highest BCUT2D eigenvalue weighted by Gasteiger charge is 2.04. The van der Waals surface area contributed by atoms with Crippen LogP contribution in [-0.4, -0.2) is 24.2 Å². The summed E-state index contributed by atoms with van der Waals surface area (Å²) in [7, 11) is 1.59. The molecule has 0 aliphatic rings. The second kappa shape index (κ2) is 5.84. The number of ether oxygens (including phenoxy) is 1. The van der Waals surface area contributed by atoms with E-state index in [1.807, 2.05) is 0 Å². The Hall–Kier alpha value is -2.10. The van der Waals surface area contributed by atoms with Crippen molar-refractivity contribution in [3.63, 3.8) is 0 Å². The zero-order valence-corrected chi connectivity index (χ0v) is 10.1. The summed E-state index contributed by atoms with van der Waals surface area (Å²) in [4.78, 5) is 15.3. The molecule has 0 saturated carbocycles. The van der Waals surface area contributed by atoms with Crippen LogP contribution in [0.2, 0.25) is 0 Å². The standard InChI is InChI=1S/C13H15NO3/c1-9(15)13(10(2)16)8-14-11-4-6-12(17-3)7-5-11/h4-8,15H,1-3H3. The molecule has 0 bridgehead atoms. The van der Waals surface area contributed by atoms with Crippen molar-refractivity contribution in [2.24, 2.45) is 4.99 Å². The number of hydrogen-bond acceptors (Lipinski definition) is 4. The van der Waals surface area contributed by atoms with Crippen LogP contribution in [0.4, 0.5) is 5.69 Å². The van der Waals surface area contributed by atoms with Crippen LogP contribution >= 0.6 is 0 Å². The molecule has 0 aromatic heterocycles. The molecule has 0 atom stereocenters. The highest BCUT2D eigenvalue weighted by molar-refractivity contribution is 6.12. The highest BCUT2D eigenvalue weighted by atomic mass is 16.5. The number of Topliss-reactive ketones (excluding diaryl/α,β-unsaturated/α-hetero) is 1. The van der Waals surface area contributed by atoms with Gasteiger partial charge in [-0.25, -0.2) is 0 Å². The summed E-state index contributed by atoms with van der Waals surface area (Å²) in [5.74, 6) is 0.488. The molecule has 0 unspecified atom stereocenters. The Kier molecular flexibility index (Phi) is 4.46. The summed E-state index contributed by atoms with van der Waals surface area (Å²) in [5, 5.41) is 9.29. The molecule has 0 fully saturated rings. The van der Waals surface area contributed by atoms with Crippen LogP contribution in [0.5, 0.6) is 5.75 Å². The summed E-state index contributed by atoms with van der Waals surface area (Å²) < 4.78 is 5.02. The number of allylic oxidation sites excluding steroid dienone is 2. The second-order valence-corrected chi connectivity index (χ2v) is 3.51. The van der Waals surface area contributed by atoms with Crippen LogP contribution in [0, 0.1) is 0 Å². The minimum absolute atomic E-state index is 0.0326. The van der Waals surface area contributed by atoms with E-state index in [0.29, 0.717) is 5.69 Å². The van der Waals surface area contributed by atoms with E-state index >= 15 is 0 Å². The van der Waals surface area contributed by atoms with Gasteiger partial charge in [-0.1, -0.05) is 0 Å². The van der Waals surface area contributed by atoms with Crippen molar-refractivity contribution in [2.45, 2.75) is 13.8 Å². The summed E-state index contributed by atoms with van der Waals surface area (Å²) >= 11 is 0. The van der Waals surface area contributed by atoms with Gasteiger partial charge in [-0.3, -0.25) is 9.79 Å². The summed E-state index contributed by atoms with van der Waals surface area (Å²) in [5.41, 5.74) is 0.895. The quantitative estimate of drug-likeness (QED) is 0.494. The van der Waals surface area contributed by atoms with E-state index in [1.165, 1.54) is 20.1 Å². The number of aliphatic hydroxyl groups is 1. The Balaban J connectivity index is 2.89. The minimum Gasteiger partial charge on any atom is -0.512 e. The molecule has 1 rings (SSSR count). The third-order valence-corrected chi connectivity index (χ3v) is 2.18. The van der Waals surface area contributed by atoms with E-state index in [0.717, 1.165) is 5.75 Å². The van der Waals surface area contributed by atoms with Gasteiger partial charge in [0.15, 0.2) is 5.78 Å². The Morgan fingerprint density at radius 3 is 2.29 bits per heavy atom. The fraction of sp³-hybridized carbons (Fsp3) is 0.231. The van der Waals surface area contributed by atoms with Crippen molar-refractivity contribution in [2.75, 3.05) is 7.11 Å². The fourth-order valence-corrected chi connectivity index (χ4v) is 1.25. The van der Waals surface area contributed by atoms with Crippen molar-refractivity contribution in [1.82, 2.24) is 0 Å². The summed E-state index contributed by atoms with van der Waals surface area (Å²) in [6.45, 7) is 2.84. The third kappa shape index (κ3) is 3.75. The van der Waals surface area contributed by atoms with Crippen LogP contribution in [0.3, 0.4) is 0 Å². The molecule has 0 heterocycles. The Morgan fingerprint density at radius 2 is 1.88 bits per heavy atom. The maximum Gasteiger partial charge on any atom is 0.164 e. The number of carbonyl (C=O) groups excluding carboxylic acids is 1. The molecule has 1 aromatic rings. The van der Waals surface area contributed by atoms with Gasteiger partial charge < -0.3 is 9.84 Å². The molecular weight excluding hydrogens is 218 g/mol. The van der Waals surface area contributed by atoms with Gasteiger partial charge in [0, 0.05) is 6.21 Å². The molecule has 0 aliphatic carbocycles. The molecule has 1 N–H and O–H groups in total. The monoisotopic (exact) mass is 233 g/mol. The number of nitrogens with zero attached hydrogens (tertiary/aromatic N) is 1. The van der Waals surface area contributed by atoms with Gasteiger partial charge in [-0.2, -0.15) is 0 Å². The van der Waals surface area contributed by atoms with Gasteiger partial charge >= 0.3 is 0 Å². The number of methoxy groups -OCH3 is 1. The number of carbonyl (C=O) groups is 1. The molecule has 0 aliphatic heterocycles. The number of rotatable bonds is 4. The Labute approximate surface area is 100 Å². The molecule has 0 saturated heterocycles. The van der Waals surface area contributed by atoms with Crippen molar-refractivity contribution in [3.8, 4) is 5.75 Å². The van der Waals surface area contributed by atoms with Crippen LogP contribution in [0.1, 0.15) is 13.8 Å². The molecule has 0 spiro atoms. The summed E-state index contributed by atoms with van der Waals surface area (Å²) in [6, 6.07) is 7.07. The molecule has 4 nitrogen and oxygen atoms in total. The fourth-order valence-electron chi connectivity index (χ4n) is 1.25. The zero-order chi connectivity index (χ0) is 12.8. The number of aliphatic imine (C=N–C) groups is 1. The van der Waals surface area contributed by atoms with Crippen LogP contribution in [0.25, 0.3) is 0 Å². The van der Waals surface area contributed by atoms with E-state index in [2.05, 4.69) is 4.99 Å². The first-order valence-electron chi connectivity index (χ1n) is 5.13. The first-order chi connectivity index (χ1) is 8.04. The van der Waals surface area contributed by atoms with E-state index in [4.69, 9.17) is 4.74 Å². The van der Waals surface area contributed by atoms with E-state index in [-0.39, 0.29) is 17.1 Å². The second-order valence-electron chi connectivity index (χ2n) is 3.51. The lowest BCUT2D eigenvalue weighted by Gasteiger charge is -2.00. The van der Waals surface area contributed by atoms with Crippen molar-refractivity contribution >= 4 is 17.7 Å². The smallest absolute Gasteiger partial charge is 0.164 e. The molecule has 4 heteroatoms. The zero-order valence-electron chi connectivity index (χ0n) is 10.1. The van der Waals surface area contributed by atoms with Crippen molar-refractivity contribution in [1.29, 1.82) is 0 Å². The molecular formula is C13H15NO3. The SMILES string of the molecule is COc1ccc(N=CC(C(C)=O)=C(C)O)cc1. The van der Waals surface area contributed by atoms with E-state index in [1.54, 1.807) is 31.4 Å². The van der Waals surface area contributed by atoms with Crippen molar-refractivity contribution < 1.29 is 14.6 Å². The first-order valence-corrected chi connectivity index (χ1v) is 5.13. The van der Waals surface area contributed by atoms with Gasteiger partial charge in [0.05, 0.1) is 18.4 Å². The number of hydrogen-bond donors (Lipinski definition) is 1. The minimum atomic E-state index is -0.220. The largest absolute Gasteiger partial charge is 0.512 e. The third-order valence-electron chi connectivity index (χ3n) is 2.18. The molecule has 0 radical (unpaired) electrons. The van der Waals surface area contributed by atoms with Gasteiger partial charge in [-0.15, -0.1) is 0 Å². The lowest BCUT2D eigenvalue weighted by molar-refractivity contribution is -0.113. The molecule has 1 aromatic carbocycles. The predicted molar refractivity (Wildman–Crippen MR) is 67.2 cm³/mol. The highest BCUT2D eigenvalue weighted by Crippen LogP contribution is 2.17. The van der Waals surface area contributed by atoms with Crippen molar-refractivity contribution in [3.05, 3.63) is 35.6 Å². The van der Waals surface area contributed by atoms with Gasteiger partial charge in [0.25, 0.3) is 0 Å². The number of aliphatic hydroxyl groups excluding tert-OH is 1. The lowest BCUT2D eigenvalue weighted by Crippen LogP contribution is -2.01. The average Bonchev–Trinajstić information content (AvgIpc) is 2.29. The van der Waals surface area contributed by atoms with Gasteiger partial charge in [0.1, 0.15) is 11.5 Å². The number of ketones is 1. The maximum absolute atomic E-state index is 11.2. The normalized spacial score (nSPS) is 12.4. The predicted octanol–water partition coefficient (Wildman–Crippen LogP) is 2.82. The van der Waals surface area contributed by atoms with Crippen LogP contribution in [0.15, 0.2) is 40.6 Å². The van der Waals surface area contributed by atoms with Crippen LogP contribution in [-0.2, 0) is 4.79 Å². The van der Waals surface area contributed by atoms with E-state index in [9.17, 15) is 9.90 Å². The molecule has 0 amide bonds. The average molecular weight is 233 g/mol. The Bertz CT molecular complexity index is 454. The lowest BCUT2D eigenvalue weighted by atomic mass is 10.2. The topological polar surface area (TPSA) is 58.9 Å². The van der Waals surface area contributed by atoms with E-state index < -0.39 is 0 Å². The molecule has 17 heavy (non-hydrogen) atoms. The first kappa shape index (κ1) is 13.0. The van der Waals surface area contributed by atoms with Gasteiger partial charge in [-0.05, 0) is 38.1 Å². The summed E-state index contributed by atoms with van der Waals surface area (Å²) in [6.07, 6.45) is 1.36. The number of benzene rings is 1. The molecule has 90 valence electrons. The van der Waals surface area contributed by atoms with Gasteiger partial charge in [0.2, 0.25) is 0 Å². The van der Waals surface area contributed by atoms with Crippen LogP contribution < -0.4 is 4.74 Å².